The van der Waals surface area contributed by atoms with Gasteiger partial charge < -0.3 is 15.2 Å². The highest BCUT2D eigenvalue weighted by atomic mass is 16.5. The van der Waals surface area contributed by atoms with E-state index in [1.165, 1.54) is 0 Å². The van der Waals surface area contributed by atoms with E-state index in [-0.39, 0.29) is 0 Å². The first kappa shape index (κ1) is 13.3. The van der Waals surface area contributed by atoms with Crippen molar-refractivity contribution in [2.24, 2.45) is 5.73 Å². The molecule has 0 saturated carbocycles. The smallest absolute Gasteiger partial charge is 0.239 e. The van der Waals surface area contributed by atoms with E-state index in [0.717, 1.165) is 12.1 Å². The SMILES string of the molecule is CCCOc1ccccc1Oc1ccc(CN)nn1. The highest BCUT2D eigenvalue weighted by Crippen LogP contribution is 2.30. The summed E-state index contributed by atoms with van der Waals surface area (Å²) in [4.78, 5) is 0. The zero-order valence-corrected chi connectivity index (χ0v) is 10.9. The Morgan fingerprint density at radius 2 is 1.84 bits per heavy atom. The second-order valence-electron chi connectivity index (χ2n) is 3.96. The molecule has 1 heterocycles. The molecule has 5 nitrogen and oxygen atoms in total. The molecule has 19 heavy (non-hydrogen) atoms. The highest BCUT2D eigenvalue weighted by Gasteiger charge is 2.06. The fraction of sp³-hybridized carbons (Fsp3) is 0.286. The minimum Gasteiger partial charge on any atom is -0.490 e. The maximum absolute atomic E-state index is 5.67. The van der Waals surface area contributed by atoms with E-state index in [1.807, 2.05) is 24.3 Å². The van der Waals surface area contributed by atoms with Crippen LogP contribution < -0.4 is 15.2 Å². The first-order valence-corrected chi connectivity index (χ1v) is 6.26. The van der Waals surface area contributed by atoms with Crippen LogP contribution in [0.25, 0.3) is 0 Å². The second kappa shape index (κ2) is 6.70. The molecule has 1 aromatic heterocycles. The molecule has 0 saturated heterocycles. The predicted octanol–water partition coefficient (Wildman–Crippen LogP) is 2.52. The van der Waals surface area contributed by atoms with Crippen LogP contribution >= 0.6 is 0 Å². The van der Waals surface area contributed by atoms with Crippen LogP contribution in [0.15, 0.2) is 36.4 Å². The Hall–Kier alpha value is -2.14. The van der Waals surface area contributed by atoms with E-state index in [4.69, 9.17) is 15.2 Å². The van der Waals surface area contributed by atoms with Gasteiger partial charge in [0.05, 0.1) is 12.3 Å². The van der Waals surface area contributed by atoms with Crippen molar-refractivity contribution in [3.63, 3.8) is 0 Å². The Kier molecular flexibility index (Phi) is 4.69. The van der Waals surface area contributed by atoms with Crippen molar-refractivity contribution in [3.8, 4) is 17.4 Å². The van der Waals surface area contributed by atoms with Crippen molar-refractivity contribution in [2.45, 2.75) is 19.9 Å². The van der Waals surface area contributed by atoms with Gasteiger partial charge in [0.15, 0.2) is 11.5 Å². The molecule has 0 radical (unpaired) electrons. The summed E-state index contributed by atoms with van der Waals surface area (Å²) < 4.78 is 11.3. The maximum Gasteiger partial charge on any atom is 0.239 e. The molecule has 5 heteroatoms. The molecular weight excluding hydrogens is 242 g/mol. The lowest BCUT2D eigenvalue weighted by Crippen LogP contribution is -2.02. The first-order chi connectivity index (χ1) is 9.33. The topological polar surface area (TPSA) is 70.3 Å². The second-order valence-corrected chi connectivity index (χ2v) is 3.96. The third-order valence-corrected chi connectivity index (χ3v) is 2.43. The van der Waals surface area contributed by atoms with Gasteiger partial charge in [-0.3, -0.25) is 0 Å². The monoisotopic (exact) mass is 259 g/mol. The molecule has 0 fully saturated rings. The summed E-state index contributed by atoms with van der Waals surface area (Å²) in [5.41, 5.74) is 6.19. The number of ether oxygens (including phenoxy) is 2. The molecule has 100 valence electrons. The standard InChI is InChI=1S/C14H17N3O2/c1-2-9-18-12-5-3-4-6-13(12)19-14-8-7-11(10-15)16-17-14/h3-8H,2,9-10,15H2,1H3. The van der Waals surface area contributed by atoms with Crippen molar-refractivity contribution in [1.82, 2.24) is 10.2 Å². The van der Waals surface area contributed by atoms with Crippen LogP contribution in [0.2, 0.25) is 0 Å². The van der Waals surface area contributed by atoms with Crippen LogP contribution in [-0.2, 0) is 6.54 Å². The number of benzene rings is 1. The number of nitrogens with zero attached hydrogens (tertiary/aromatic N) is 2. The van der Waals surface area contributed by atoms with Crippen LogP contribution in [0.5, 0.6) is 17.4 Å². The number of hydrogen-bond donors (Lipinski definition) is 1. The Morgan fingerprint density at radius 3 is 2.47 bits per heavy atom. The zero-order valence-electron chi connectivity index (χ0n) is 10.9. The van der Waals surface area contributed by atoms with Gasteiger partial charge in [-0.25, -0.2) is 0 Å². The summed E-state index contributed by atoms with van der Waals surface area (Å²) in [6.45, 7) is 3.07. The average Bonchev–Trinajstić information content (AvgIpc) is 2.47. The van der Waals surface area contributed by atoms with E-state index in [9.17, 15) is 0 Å². The third kappa shape index (κ3) is 3.66. The van der Waals surface area contributed by atoms with Crippen molar-refractivity contribution in [3.05, 3.63) is 42.1 Å². The number of nitrogens with two attached hydrogens (primary N) is 1. The molecule has 0 aliphatic heterocycles. The number of hydrogen-bond acceptors (Lipinski definition) is 5. The van der Waals surface area contributed by atoms with Gasteiger partial charge in [-0.05, 0) is 24.6 Å². The fourth-order valence-corrected chi connectivity index (χ4v) is 1.49. The zero-order chi connectivity index (χ0) is 13.5. The quantitative estimate of drug-likeness (QED) is 0.863. The number of para-hydroxylation sites is 2. The van der Waals surface area contributed by atoms with Gasteiger partial charge in [-0.1, -0.05) is 19.1 Å². The molecule has 0 amide bonds. The summed E-state index contributed by atoms with van der Waals surface area (Å²) in [5.74, 6) is 1.75. The minimum atomic E-state index is 0.365. The van der Waals surface area contributed by atoms with E-state index in [1.54, 1.807) is 12.1 Å². The van der Waals surface area contributed by atoms with Crippen LogP contribution in [0, 0.1) is 0 Å². The molecule has 0 unspecified atom stereocenters. The highest BCUT2D eigenvalue weighted by molar-refractivity contribution is 5.41. The van der Waals surface area contributed by atoms with E-state index < -0.39 is 0 Å². The third-order valence-electron chi connectivity index (χ3n) is 2.43. The minimum absolute atomic E-state index is 0.365. The summed E-state index contributed by atoms with van der Waals surface area (Å²) in [7, 11) is 0. The predicted molar refractivity (Wildman–Crippen MR) is 72.2 cm³/mol. The van der Waals surface area contributed by atoms with Gasteiger partial charge in [0, 0.05) is 12.6 Å². The average molecular weight is 259 g/mol. The van der Waals surface area contributed by atoms with Crippen LogP contribution in [0.4, 0.5) is 0 Å². The Labute approximate surface area is 112 Å². The molecule has 0 atom stereocenters. The molecular formula is C14H17N3O2. The largest absolute Gasteiger partial charge is 0.490 e. The summed E-state index contributed by atoms with van der Waals surface area (Å²) in [6.07, 6.45) is 0.944. The van der Waals surface area contributed by atoms with Gasteiger partial charge in [0.25, 0.3) is 0 Å². The molecule has 0 aliphatic carbocycles. The number of rotatable bonds is 6. The first-order valence-electron chi connectivity index (χ1n) is 6.26. The molecule has 0 bridgehead atoms. The van der Waals surface area contributed by atoms with E-state index in [0.29, 0.717) is 30.5 Å². The van der Waals surface area contributed by atoms with Gasteiger partial charge >= 0.3 is 0 Å². The van der Waals surface area contributed by atoms with Gasteiger partial charge in [-0.15, -0.1) is 5.10 Å². The van der Waals surface area contributed by atoms with Gasteiger partial charge in [-0.2, -0.15) is 5.10 Å². The molecule has 0 aliphatic rings. The Balaban J connectivity index is 2.12. The summed E-state index contributed by atoms with van der Waals surface area (Å²) in [6, 6.07) is 11.0. The fourth-order valence-electron chi connectivity index (χ4n) is 1.49. The van der Waals surface area contributed by atoms with Crippen molar-refractivity contribution < 1.29 is 9.47 Å². The van der Waals surface area contributed by atoms with Crippen LogP contribution in [-0.4, -0.2) is 16.8 Å². The maximum atomic E-state index is 5.67. The molecule has 2 rings (SSSR count). The van der Waals surface area contributed by atoms with Gasteiger partial charge in [0.1, 0.15) is 0 Å². The lowest BCUT2D eigenvalue weighted by molar-refractivity contribution is 0.300. The summed E-state index contributed by atoms with van der Waals surface area (Å²) >= 11 is 0. The Bertz CT molecular complexity index is 514. The van der Waals surface area contributed by atoms with Crippen molar-refractivity contribution >= 4 is 0 Å². The molecule has 0 spiro atoms. The van der Waals surface area contributed by atoms with E-state index in [2.05, 4.69) is 17.1 Å². The van der Waals surface area contributed by atoms with Crippen LogP contribution in [0.1, 0.15) is 19.0 Å². The number of aromatic nitrogens is 2. The van der Waals surface area contributed by atoms with E-state index >= 15 is 0 Å². The molecule has 2 aromatic rings. The van der Waals surface area contributed by atoms with Crippen molar-refractivity contribution in [1.29, 1.82) is 0 Å². The lowest BCUT2D eigenvalue weighted by atomic mass is 10.3. The summed E-state index contributed by atoms with van der Waals surface area (Å²) in [5, 5.41) is 7.90. The van der Waals surface area contributed by atoms with Crippen LogP contribution in [0.3, 0.4) is 0 Å². The normalized spacial score (nSPS) is 10.2. The van der Waals surface area contributed by atoms with Crippen molar-refractivity contribution in [2.75, 3.05) is 6.61 Å². The Morgan fingerprint density at radius 1 is 1.05 bits per heavy atom. The van der Waals surface area contributed by atoms with Gasteiger partial charge in [0.2, 0.25) is 5.88 Å². The molecule has 1 aromatic carbocycles. The lowest BCUT2D eigenvalue weighted by Gasteiger charge is -2.10. The molecule has 2 N–H and O–H groups in total.